The highest BCUT2D eigenvalue weighted by molar-refractivity contribution is 5.76. The van der Waals surface area contributed by atoms with Crippen LogP contribution in [0.4, 0.5) is 0 Å². The quantitative estimate of drug-likeness (QED) is 0.835. The van der Waals surface area contributed by atoms with E-state index in [2.05, 4.69) is 9.97 Å². The third kappa shape index (κ3) is 3.87. The van der Waals surface area contributed by atoms with Gasteiger partial charge in [-0.3, -0.25) is 14.2 Å². The molecule has 0 saturated carbocycles. The van der Waals surface area contributed by atoms with Crippen molar-refractivity contribution in [3.05, 3.63) is 51.8 Å². The van der Waals surface area contributed by atoms with Gasteiger partial charge in [0.2, 0.25) is 11.8 Å². The summed E-state index contributed by atoms with van der Waals surface area (Å²) >= 11 is 0. The minimum atomic E-state index is -0.170. The lowest BCUT2D eigenvalue weighted by Crippen LogP contribution is -2.36. The van der Waals surface area contributed by atoms with Crippen molar-refractivity contribution < 1.29 is 9.53 Å². The fourth-order valence-electron chi connectivity index (χ4n) is 2.78. The standard InChI is InChI=1S/C18H22N4O3/c1-12-4-5-16(19-8-12)25-15-6-7-21(9-15)17(23)10-22-11-20-14(3)13(2)18(22)24/h4-5,8,11,15H,6-7,9-10H2,1-3H3. The fourth-order valence-corrected chi connectivity index (χ4v) is 2.78. The predicted octanol–water partition coefficient (Wildman–Crippen LogP) is 1.24. The number of carbonyl (C=O) groups is 1. The number of ether oxygens (including phenoxy) is 1. The highest BCUT2D eigenvalue weighted by Gasteiger charge is 2.28. The normalized spacial score (nSPS) is 16.9. The van der Waals surface area contributed by atoms with Gasteiger partial charge in [-0.15, -0.1) is 0 Å². The van der Waals surface area contributed by atoms with Gasteiger partial charge in [-0.1, -0.05) is 6.07 Å². The molecule has 7 nitrogen and oxygen atoms in total. The van der Waals surface area contributed by atoms with Crippen LogP contribution in [0.1, 0.15) is 23.2 Å². The molecule has 3 heterocycles. The van der Waals surface area contributed by atoms with Crippen LogP contribution in [-0.4, -0.2) is 44.5 Å². The summed E-state index contributed by atoms with van der Waals surface area (Å²) < 4.78 is 7.20. The summed E-state index contributed by atoms with van der Waals surface area (Å²) in [5, 5.41) is 0. The number of carbonyl (C=O) groups excluding carboxylic acids is 1. The molecule has 0 spiro atoms. The smallest absolute Gasteiger partial charge is 0.256 e. The Hall–Kier alpha value is -2.70. The largest absolute Gasteiger partial charge is 0.472 e. The summed E-state index contributed by atoms with van der Waals surface area (Å²) in [5.41, 5.74) is 2.16. The van der Waals surface area contributed by atoms with Crippen molar-refractivity contribution in [3.63, 3.8) is 0 Å². The summed E-state index contributed by atoms with van der Waals surface area (Å²) in [4.78, 5) is 34.8. The van der Waals surface area contributed by atoms with E-state index in [9.17, 15) is 9.59 Å². The average Bonchev–Trinajstić information content (AvgIpc) is 3.06. The van der Waals surface area contributed by atoms with Gasteiger partial charge in [-0.05, 0) is 26.3 Å². The Bertz CT molecular complexity index is 829. The van der Waals surface area contributed by atoms with Crippen LogP contribution in [0.3, 0.4) is 0 Å². The number of pyridine rings is 1. The molecule has 0 N–H and O–H groups in total. The van der Waals surface area contributed by atoms with Crippen molar-refractivity contribution in [2.24, 2.45) is 0 Å². The second-order valence-electron chi connectivity index (χ2n) is 6.43. The number of rotatable bonds is 4. The van der Waals surface area contributed by atoms with Crippen molar-refractivity contribution in [1.82, 2.24) is 19.4 Å². The first-order valence-corrected chi connectivity index (χ1v) is 8.34. The molecule has 0 radical (unpaired) electrons. The first-order chi connectivity index (χ1) is 11.9. The Balaban J connectivity index is 1.60. The molecule has 3 rings (SSSR count). The van der Waals surface area contributed by atoms with Gasteiger partial charge in [0.1, 0.15) is 12.6 Å². The maximum absolute atomic E-state index is 12.5. The van der Waals surface area contributed by atoms with E-state index in [1.165, 1.54) is 10.9 Å². The van der Waals surface area contributed by atoms with Crippen LogP contribution in [0.25, 0.3) is 0 Å². The van der Waals surface area contributed by atoms with Gasteiger partial charge in [0.15, 0.2) is 0 Å². The van der Waals surface area contributed by atoms with E-state index in [4.69, 9.17) is 4.74 Å². The van der Waals surface area contributed by atoms with Crippen LogP contribution in [0.2, 0.25) is 0 Å². The molecule has 1 saturated heterocycles. The Morgan fingerprint density at radius 3 is 2.80 bits per heavy atom. The average molecular weight is 342 g/mol. The third-order valence-electron chi connectivity index (χ3n) is 4.49. The molecular weight excluding hydrogens is 320 g/mol. The van der Waals surface area contributed by atoms with E-state index in [0.717, 1.165) is 12.0 Å². The number of hydrogen-bond acceptors (Lipinski definition) is 5. The molecule has 1 aliphatic heterocycles. The predicted molar refractivity (Wildman–Crippen MR) is 92.6 cm³/mol. The Labute approximate surface area is 146 Å². The van der Waals surface area contributed by atoms with Crippen molar-refractivity contribution in [2.75, 3.05) is 13.1 Å². The van der Waals surface area contributed by atoms with E-state index in [1.807, 2.05) is 19.1 Å². The minimum absolute atomic E-state index is 0.00244. The Morgan fingerprint density at radius 1 is 1.28 bits per heavy atom. The molecule has 1 atom stereocenters. The zero-order valence-corrected chi connectivity index (χ0v) is 14.7. The molecule has 132 valence electrons. The molecule has 1 unspecified atom stereocenters. The number of hydrogen-bond donors (Lipinski definition) is 0. The van der Waals surface area contributed by atoms with E-state index in [1.54, 1.807) is 24.9 Å². The van der Waals surface area contributed by atoms with E-state index < -0.39 is 0 Å². The molecule has 1 fully saturated rings. The second kappa shape index (κ2) is 7.04. The highest BCUT2D eigenvalue weighted by atomic mass is 16.5. The third-order valence-corrected chi connectivity index (χ3v) is 4.49. The summed E-state index contributed by atoms with van der Waals surface area (Å²) in [6.07, 6.45) is 3.87. The number of aryl methyl sites for hydroxylation is 2. The Kier molecular flexibility index (Phi) is 4.83. The topological polar surface area (TPSA) is 77.3 Å². The van der Waals surface area contributed by atoms with Gasteiger partial charge >= 0.3 is 0 Å². The first-order valence-electron chi connectivity index (χ1n) is 8.34. The molecule has 0 bridgehead atoms. The van der Waals surface area contributed by atoms with E-state index in [0.29, 0.717) is 30.2 Å². The van der Waals surface area contributed by atoms with Gasteiger partial charge < -0.3 is 9.64 Å². The molecular formula is C18H22N4O3. The van der Waals surface area contributed by atoms with Crippen LogP contribution >= 0.6 is 0 Å². The van der Waals surface area contributed by atoms with E-state index in [-0.39, 0.29) is 24.1 Å². The SMILES string of the molecule is Cc1ccc(OC2CCN(C(=O)Cn3cnc(C)c(C)c3=O)C2)nc1. The lowest BCUT2D eigenvalue weighted by molar-refractivity contribution is -0.131. The molecule has 25 heavy (non-hydrogen) atoms. The van der Waals surface area contributed by atoms with E-state index >= 15 is 0 Å². The zero-order valence-electron chi connectivity index (χ0n) is 14.7. The number of nitrogens with zero attached hydrogens (tertiary/aromatic N) is 4. The van der Waals surface area contributed by atoms with Crippen LogP contribution in [0, 0.1) is 20.8 Å². The molecule has 1 aliphatic rings. The van der Waals surface area contributed by atoms with Gasteiger partial charge in [-0.2, -0.15) is 0 Å². The summed E-state index contributed by atoms with van der Waals surface area (Å²) in [5.74, 6) is 0.467. The molecule has 0 aliphatic carbocycles. The van der Waals surface area contributed by atoms with Crippen molar-refractivity contribution in [2.45, 2.75) is 39.8 Å². The monoisotopic (exact) mass is 342 g/mol. The molecule has 7 heteroatoms. The lowest BCUT2D eigenvalue weighted by Gasteiger charge is -2.18. The van der Waals surface area contributed by atoms with Gasteiger partial charge in [-0.25, -0.2) is 9.97 Å². The number of likely N-dealkylation sites (tertiary alicyclic amines) is 1. The van der Waals surface area contributed by atoms with Crippen molar-refractivity contribution in [1.29, 1.82) is 0 Å². The summed E-state index contributed by atoms with van der Waals surface area (Å²) in [6.45, 7) is 6.59. The second-order valence-corrected chi connectivity index (χ2v) is 6.43. The van der Waals surface area contributed by atoms with Crippen LogP contribution in [0.5, 0.6) is 5.88 Å². The van der Waals surface area contributed by atoms with Crippen molar-refractivity contribution in [3.8, 4) is 5.88 Å². The maximum atomic E-state index is 12.5. The van der Waals surface area contributed by atoms with Crippen LogP contribution < -0.4 is 10.3 Å². The molecule has 1 amide bonds. The summed E-state index contributed by atoms with van der Waals surface area (Å²) in [6, 6.07) is 3.78. The van der Waals surface area contributed by atoms with Crippen molar-refractivity contribution >= 4 is 5.91 Å². The molecule has 2 aromatic heterocycles. The molecule has 0 aromatic carbocycles. The summed E-state index contributed by atoms with van der Waals surface area (Å²) in [7, 11) is 0. The minimum Gasteiger partial charge on any atom is -0.472 e. The Morgan fingerprint density at radius 2 is 2.08 bits per heavy atom. The molecule has 2 aromatic rings. The van der Waals surface area contributed by atoms with Gasteiger partial charge in [0, 0.05) is 36.5 Å². The highest BCUT2D eigenvalue weighted by Crippen LogP contribution is 2.17. The maximum Gasteiger partial charge on any atom is 0.256 e. The zero-order chi connectivity index (χ0) is 18.0. The van der Waals surface area contributed by atoms with Crippen LogP contribution in [0.15, 0.2) is 29.5 Å². The number of aromatic nitrogens is 3. The van der Waals surface area contributed by atoms with Gasteiger partial charge in [0.05, 0.1) is 12.9 Å². The fraction of sp³-hybridized carbons (Fsp3) is 0.444. The van der Waals surface area contributed by atoms with Crippen LogP contribution in [-0.2, 0) is 11.3 Å². The van der Waals surface area contributed by atoms with Gasteiger partial charge in [0.25, 0.3) is 5.56 Å². The first kappa shape index (κ1) is 17.1. The number of amides is 1. The lowest BCUT2D eigenvalue weighted by atomic mass is 10.3.